The van der Waals surface area contributed by atoms with Gasteiger partial charge in [0.05, 0.1) is 54.4 Å². The van der Waals surface area contributed by atoms with E-state index in [0.717, 1.165) is 5.56 Å². The molecule has 0 fully saturated rings. The van der Waals surface area contributed by atoms with Crippen molar-refractivity contribution in [3.8, 4) is 28.5 Å². The molecule has 4 rings (SSSR count). The molecule has 0 spiro atoms. The zero-order valence-corrected chi connectivity index (χ0v) is 20.6. The quantitative estimate of drug-likeness (QED) is 0.244. The molecule has 1 amide bonds. The van der Waals surface area contributed by atoms with Crippen molar-refractivity contribution < 1.29 is 19.0 Å². The summed E-state index contributed by atoms with van der Waals surface area (Å²) < 4.78 is 16.0. The van der Waals surface area contributed by atoms with Crippen molar-refractivity contribution in [1.82, 2.24) is 10.4 Å². The molecule has 7 nitrogen and oxygen atoms in total. The number of fused-ring (bicyclic) bond motifs is 1. The fourth-order valence-corrected chi connectivity index (χ4v) is 3.87. The summed E-state index contributed by atoms with van der Waals surface area (Å²) in [5, 5.41) is 5.66. The van der Waals surface area contributed by atoms with Gasteiger partial charge < -0.3 is 14.2 Å². The van der Waals surface area contributed by atoms with Gasteiger partial charge in [0.15, 0.2) is 11.5 Å². The molecule has 178 valence electrons. The molecule has 0 bridgehead atoms. The number of carbonyl (C=O) groups excluding carboxylic acids is 1. The van der Waals surface area contributed by atoms with Crippen LogP contribution in [0.3, 0.4) is 0 Å². The Morgan fingerprint density at radius 1 is 0.914 bits per heavy atom. The minimum absolute atomic E-state index is 0.395. The van der Waals surface area contributed by atoms with Crippen LogP contribution in [-0.4, -0.2) is 38.4 Å². The molecule has 0 saturated carbocycles. The van der Waals surface area contributed by atoms with E-state index < -0.39 is 5.91 Å². The number of methoxy groups -OCH3 is 3. The summed E-state index contributed by atoms with van der Waals surface area (Å²) >= 11 is 12.2. The molecule has 3 aromatic carbocycles. The monoisotopic (exact) mass is 509 g/mol. The number of aromatic nitrogens is 1. The molecule has 0 aliphatic heterocycles. The number of pyridine rings is 1. The van der Waals surface area contributed by atoms with Gasteiger partial charge in [-0.15, -0.1) is 0 Å². The number of para-hydroxylation sites is 1. The summed E-state index contributed by atoms with van der Waals surface area (Å²) in [6.45, 7) is 0. The first kappa shape index (κ1) is 24.3. The zero-order valence-electron chi connectivity index (χ0n) is 19.1. The van der Waals surface area contributed by atoms with E-state index >= 15 is 0 Å². The molecule has 0 saturated heterocycles. The van der Waals surface area contributed by atoms with Crippen LogP contribution < -0.4 is 19.6 Å². The average molecular weight is 510 g/mol. The Labute approximate surface area is 212 Å². The lowest BCUT2D eigenvalue weighted by molar-refractivity contribution is 0.0956. The van der Waals surface area contributed by atoms with E-state index in [1.165, 1.54) is 27.5 Å². The smallest absolute Gasteiger partial charge is 0.272 e. The van der Waals surface area contributed by atoms with Gasteiger partial charge in [-0.25, -0.2) is 10.4 Å². The second kappa shape index (κ2) is 10.6. The van der Waals surface area contributed by atoms with Gasteiger partial charge in [0, 0.05) is 16.5 Å². The molecule has 1 N–H and O–H groups in total. The Kier molecular flexibility index (Phi) is 7.39. The number of ether oxygens (including phenoxy) is 3. The van der Waals surface area contributed by atoms with Crippen LogP contribution in [0.15, 0.2) is 65.8 Å². The molecule has 0 aliphatic carbocycles. The standard InChI is InChI=1S/C26H21Cl2N3O4/c1-33-23-10-15(11-24(34-2)25(23)35-3)14-29-31-26(32)18-13-22(16-8-9-19(27)20(28)12-16)30-21-7-5-4-6-17(18)21/h4-14H,1-3H3,(H,31,32)/b29-14-. The first-order valence-corrected chi connectivity index (χ1v) is 11.2. The fraction of sp³-hybridized carbons (Fsp3) is 0.115. The highest BCUT2D eigenvalue weighted by molar-refractivity contribution is 6.42. The lowest BCUT2D eigenvalue weighted by atomic mass is 10.0. The van der Waals surface area contributed by atoms with Crippen molar-refractivity contribution in [3.05, 3.63) is 81.8 Å². The minimum Gasteiger partial charge on any atom is -0.493 e. The Morgan fingerprint density at radius 3 is 2.29 bits per heavy atom. The number of nitrogens with zero attached hydrogens (tertiary/aromatic N) is 2. The second-order valence-electron chi connectivity index (χ2n) is 7.36. The number of benzene rings is 3. The van der Waals surface area contributed by atoms with Crippen LogP contribution in [0.4, 0.5) is 0 Å². The third-order valence-corrected chi connectivity index (χ3v) is 5.98. The lowest BCUT2D eigenvalue weighted by Crippen LogP contribution is -2.18. The van der Waals surface area contributed by atoms with Crippen LogP contribution in [-0.2, 0) is 0 Å². The van der Waals surface area contributed by atoms with Gasteiger partial charge >= 0.3 is 0 Å². The minimum atomic E-state index is -0.395. The van der Waals surface area contributed by atoms with Gasteiger partial charge in [-0.2, -0.15) is 5.10 Å². The van der Waals surface area contributed by atoms with Crippen molar-refractivity contribution in [3.63, 3.8) is 0 Å². The van der Waals surface area contributed by atoms with Crippen LogP contribution in [0.2, 0.25) is 10.0 Å². The lowest BCUT2D eigenvalue weighted by Gasteiger charge is -2.12. The Morgan fingerprint density at radius 2 is 1.63 bits per heavy atom. The number of halogens is 2. The number of nitrogens with one attached hydrogen (secondary N) is 1. The molecule has 1 aromatic heterocycles. The highest BCUT2D eigenvalue weighted by Gasteiger charge is 2.15. The molecule has 9 heteroatoms. The van der Waals surface area contributed by atoms with Crippen molar-refractivity contribution in [2.24, 2.45) is 5.10 Å². The maximum absolute atomic E-state index is 13.1. The normalized spacial score (nSPS) is 11.0. The molecule has 35 heavy (non-hydrogen) atoms. The van der Waals surface area contributed by atoms with Crippen LogP contribution >= 0.6 is 23.2 Å². The maximum atomic E-state index is 13.1. The number of carbonyl (C=O) groups is 1. The van der Waals surface area contributed by atoms with Crippen molar-refractivity contribution in [1.29, 1.82) is 0 Å². The number of hydrazone groups is 1. The van der Waals surface area contributed by atoms with E-state index in [4.69, 9.17) is 37.4 Å². The summed E-state index contributed by atoms with van der Waals surface area (Å²) in [5.74, 6) is 1.03. The molecular formula is C26H21Cl2N3O4. The fourth-order valence-electron chi connectivity index (χ4n) is 3.57. The molecule has 0 unspecified atom stereocenters. The van der Waals surface area contributed by atoms with Crippen molar-refractivity contribution in [2.45, 2.75) is 0 Å². The van der Waals surface area contributed by atoms with E-state index in [1.54, 1.807) is 36.4 Å². The second-order valence-corrected chi connectivity index (χ2v) is 8.17. The van der Waals surface area contributed by atoms with E-state index in [9.17, 15) is 4.79 Å². The van der Waals surface area contributed by atoms with E-state index in [-0.39, 0.29) is 0 Å². The molecule has 0 radical (unpaired) electrons. The van der Waals surface area contributed by atoms with Crippen molar-refractivity contribution >= 4 is 46.2 Å². The summed E-state index contributed by atoms with van der Waals surface area (Å²) in [6, 6.07) is 17.7. The Balaban J connectivity index is 1.66. The predicted octanol–water partition coefficient (Wildman–Crippen LogP) is 6.00. The van der Waals surface area contributed by atoms with Crippen LogP contribution in [0.1, 0.15) is 15.9 Å². The summed E-state index contributed by atoms with van der Waals surface area (Å²) in [6.07, 6.45) is 1.49. The third-order valence-electron chi connectivity index (χ3n) is 5.24. The molecule has 1 heterocycles. The van der Waals surface area contributed by atoms with Gasteiger partial charge in [-0.1, -0.05) is 47.5 Å². The summed E-state index contributed by atoms with van der Waals surface area (Å²) in [7, 11) is 4.58. The van der Waals surface area contributed by atoms with Gasteiger partial charge in [-0.05, 0) is 36.4 Å². The van der Waals surface area contributed by atoms with Crippen molar-refractivity contribution in [2.75, 3.05) is 21.3 Å². The molecule has 0 atom stereocenters. The SMILES string of the molecule is COc1cc(/C=N\NC(=O)c2cc(-c3ccc(Cl)c(Cl)c3)nc3ccccc23)cc(OC)c1OC. The highest BCUT2D eigenvalue weighted by Crippen LogP contribution is 2.37. The summed E-state index contributed by atoms with van der Waals surface area (Å²) in [4.78, 5) is 17.8. The topological polar surface area (TPSA) is 82.0 Å². The van der Waals surface area contributed by atoms with E-state index in [2.05, 4.69) is 15.5 Å². The highest BCUT2D eigenvalue weighted by atomic mass is 35.5. The zero-order chi connectivity index (χ0) is 24.9. The van der Waals surface area contributed by atoms with E-state index in [1.807, 2.05) is 24.3 Å². The number of rotatable bonds is 7. The van der Waals surface area contributed by atoms with E-state index in [0.29, 0.717) is 55.0 Å². The van der Waals surface area contributed by atoms with Gasteiger partial charge in [0.25, 0.3) is 5.91 Å². The van der Waals surface area contributed by atoms with Crippen LogP contribution in [0, 0.1) is 0 Å². The van der Waals surface area contributed by atoms with Gasteiger partial charge in [-0.3, -0.25) is 4.79 Å². The van der Waals surface area contributed by atoms with Crippen LogP contribution in [0.25, 0.3) is 22.2 Å². The number of hydrogen-bond donors (Lipinski definition) is 1. The van der Waals surface area contributed by atoms with Crippen LogP contribution in [0.5, 0.6) is 17.2 Å². The maximum Gasteiger partial charge on any atom is 0.272 e. The molecule has 4 aromatic rings. The summed E-state index contributed by atoms with van der Waals surface area (Å²) in [5.41, 5.74) is 5.63. The number of hydrogen-bond acceptors (Lipinski definition) is 6. The first-order chi connectivity index (χ1) is 16.9. The third kappa shape index (κ3) is 5.16. The molecular weight excluding hydrogens is 489 g/mol. The largest absolute Gasteiger partial charge is 0.493 e. The Hall–Kier alpha value is -3.81. The van der Waals surface area contributed by atoms with Gasteiger partial charge in [0.1, 0.15) is 0 Å². The number of amides is 1. The predicted molar refractivity (Wildman–Crippen MR) is 138 cm³/mol. The average Bonchev–Trinajstić information content (AvgIpc) is 2.88. The first-order valence-electron chi connectivity index (χ1n) is 10.4. The molecule has 0 aliphatic rings. The Bertz CT molecular complexity index is 1410. The van der Waals surface area contributed by atoms with Gasteiger partial charge in [0.2, 0.25) is 5.75 Å².